The van der Waals surface area contributed by atoms with E-state index in [1.165, 1.54) is 34.1 Å². The van der Waals surface area contributed by atoms with Crippen LogP contribution in [-0.4, -0.2) is 12.0 Å². The second-order valence-corrected chi connectivity index (χ2v) is 5.66. The van der Waals surface area contributed by atoms with Crippen LogP contribution in [0.5, 0.6) is 0 Å². The van der Waals surface area contributed by atoms with Crippen molar-refractivity contribution in [2.45, 2.75) is 18.9 Å². The Labute approximate surface area is 124 Å². The smallest absolute Gasteiger partial charge is 0.0708 e. The summed E-state index contributed by atoms with van der Waals surface area (Å²) in [6.07, 6.45) is 4.20. The molecule has 2 nitrogen and oxygen atoms in total. The molecule has 1 N–H and O–H groups in total. The molecule has 0 fully saturated rings. The fourth-order valence-electron chi connectivity index (χ4n) is 3.46. The fourth-order valence-corrected chi connectivity index (χ4v) is 3.46. The van der Waals surface area contributed by atoms with Crippen molar-refractivity contribution in [2.24, 2.45) is 0 Å². The molecule has 0 radical (unpaired) electrons. The zero-order chi connectivity index (χ0) is 14.2. The van der Waals surface area contributed by atoms with Crippen molar-refractivity contribution < 1.29 is 0 Å². The lowest BCUT2D eigenvalue weighted by Crippen LogP contribution is -2.12. The summed E-state index contributed by atoms with van der Waals surface area (Å²) in [7, 11) is 2.05. The zero-order valence-corrected chi connectivity index (χ0v) is 12.1. The SMILES string of the molecule is CNC1CCc2c(-c3ccc4cccnc4c3)cccc21. The topological polar surface area (TPSA) is 24.9 Å². The Hall–Kier alpha value is -2.19. The molecule has 21 heavy (non-hydrogen) atoms. The van der Waals surface area contributed by atoms with E-state index in [9.17, 15) is 0 Å². The molecule has 0 amide bonds. The van der Waals surface area contributed by atoms with Crippen molar-refractivity contribution in [3.8, 4) is 11.1 Å². The third-order valence-electron chi connectivity index (χ3n) is 4.54. The monoisotopic (exact) mass is 274 g/mol. The average molecular weight is 274 g/mol. The van der Waals surface area contributed by atoms with Crippen molar-refractivity contribution in [1.29, 1.82) is 0 Å². The maximum absolute atomic E-state index is 4.48. The number of nitrogens with one attached hydrogen (secondary N) is 1. The first-order chi connectivity index (χ1) is 10.4. The van der Waals surface area contributed by atoms with Gasteiger partial charge in [-0.25, -0.2) is 0 Å². The van der Waals surface area contributed by atoms with Crippen LogP contribution in [0.2, 0.25) is 0 Å². The number of hydrogen-bond donors (Lipinski definition) is 1. The molecule has 1 atom stereocenters. The summed E-state index contributed by atoms with van der Waals surface area (Å²) in [4.78, 5) is 4.48. The summed E-state index contributed by atoms with van der Waals surface area (Å²) >= 11 is 0. The summed E-state index contributed by atoms with van der Waals surface area (Å²) in [5, 5.41) is 4.61. The Morgan fingerprint density at radius 1 is 1.10 bits per heavy atom. The van der Waals surface area contributed by atoms with Crippen molar-refractivity contribution in [3.05, 3.63) is 65.9 Å². The lowest BCUT2D eigenvalue weighted by molar-refractivity contribution is 0.590. The molecule has 0 bridgehead atoms. The van der Waals surface area contributed by atoms with Crippen LogP contribution in [0.25, 0.3) is 22.0 Å². The highest BCUT2D eigenvalue weighted by molar-refractivity contribution is 5.85. The van der Waals surface area contributed by atoms with Crippen LogP contribution < -0.4 is 5.32 Å². The molecule has 2 aromatic carbocycles. The Balaban J connectivity index is 1.88. The standard InChI is InChI=1S/C19H18N2/c1-20-18-10-9-16-15(5-2-6-17(16)18)14-8-7-13-4-3-11-21-19(13)12-14/h2-8,11-12,18,20H,9-10H2,1H3. The quantitative estimate of drug-likeness (QED) is 0.760. The average Bonchev–Trinajstić information content (AvgIpc) is 2.97. The molecule has 0 spiro atoms. The molecule has 1 heterocycles. The molecule has 2 heteroatoms. The first kappa shape index (κ1) is 12.5. The molecular weight excluding hydrogens is 256 g/mol. The highest BCUT2D eigenvalue weighted by Gasteiger charge is 2.23. The van der Waals surface area contributed by atoms with Gasteiger partial charge in [0.25, 0.3) is 0 Å². The van der Waals surface area contributed by atoms with Gasteiger partial charge in [-0.05, 0) is 54.3 Å². The van der Waals surface area contributed by atoms with Crippen molar-refractivity contribution in [3.63, 3.8) is 0 Å². The van der Waals surface area contributed by atoms with Crippen LogP contribution in [-0.2, 0) is 6.42 Å². The lowest BCUT2D eigenvalue weighted by atomic mass is 9.95. The molecule has 0 saturated heterocycles. The second-order valence-electron chi connectivity index (χ2n) is 5.66. The van der Waals surface area contributed by atoms with Gasteiger partial charge in [-0.15, -0.1) is 0 Å². The summed E-state index contributed by atoms with van der Waals surface area (Å²) in [6, 6.07) is 17.8. The van der Waals surface area contributed by atoms with E-state index in [-0.39, 0.29) is 0 Å². The third kappa shape index (κ3) is 2.03. The molecule has 4 rings (SSSR count). The van der Waals surface area contributed by atoms with Crippen LogP contribution in [0.4, 0.5) is 0 Å². The Morgan fingerprint density at radius 3 is 2.95 bits per heavy atom. The Morgan fingerprint density at radius 2 is 2.05 bits per heavy atom. The number of nitrogens with zero attached hydrogens (tertiary/aromatic N) is 1. The Bertz CT molecular complexity index is 808. The van der Waals surface area contributed by atoms with Crippen LogP contribution in [0, 0.1) is 0 Å². The van der Waals surface area contributed by atoms with E-state index in [0.717, 1.165) is 11.9 Å². The summed E-state index contributed by atoms with van der Waals surface area (Å²) in [5.74, 6) is 0. The van der Waals surface area contributed by atoms with Gasteiger partial charge in [-0.3, -0.25) is 4.98 Å². The van der Waals surface area contributed by atoms with E-state index in [4.69, 9.17) is 0 Å². The van der Waals surface area contributed by atoms with E-state index < -0.39 is 0 Å². The number of benzene rings is 2. The van der Waals surface area contributed by atoms with Gasteiger partial charge in [0.1, 0.15) is 0 Å². The second kappa shape index (κ2) is 4.97. The normalized spacial score (nSPS) is 17.1. The van der Waals surface area contributed by atoms with Gasteiger partial charge in [-0.2, -0.15) is 0 Å². The fraction of sp³-hybridized carbons (Fsp3) is 0.211. The maximum atomic E-state index is 4.48. The van der Waals surface area contributed by atoms with Crippen LogP contribution in [0.3, 0.4) is 0 Å². The molecule has 0 aliphatic heterocycles. The molecule has 1 aliphatic rings. The molecule has 1 aliphatic carbocycles. The molecule has 104 valence electrons. The number of pyridine rings is 1. The van der Waals surface area contributed by atoms with E-state index in [2.05, 4.69) is 52.8 Å². The molecule has 1 aromatic heterocycles. The minimum absolute atomic E-state index is 0.499. The minimum atomic E-state index is 0.499. The highest BCUT2D eigenvalue weighted by atomic mass is 14.9. The maximum Gasteiger partial charge on any atom is 0.0708 e. The van der Waals surface area contributed by atoms with Crippen LogP contribution in [0.1, 0.15) is 23.6 Å². The predicted octanol–water partition coefficient (Wildman–Crippen LogP) is 4.11. The molecular formula is C19H18N2. The van der Waals surface area contributed by atoms with Crippen LogP contribution >= 0.6 is 0 Å². The largest absolute Gasteiger partial charge is 0.313 e. The van der Waals surface area contributed by atoms with Gasteiger partial charge >= 0.3 is 0 Å². The van der Waals surface area contributed by atoms with Gasteiger partial charge in [0.2, 0.25) is 0 Å². The third-order valence-corrected chi connectivity index (χ3v) is 4.54. The summed E-state index contributed by atoms with van der Waals surface area (Å²) < 4.78 is 0. The van der Waals surface area contributed by atoms with E-state index in [1.807, 2.05) is 19.3 Å². The first-order valence-electron chi connectivity index (χ1n) is 7.51. The van der Waals surface area contributed by atoms with Gasteiger partial charge in [0.15, 0.2) is 0 Å². The van der Waals surface area contributed by atoms with Crippen molar-refractivity contribution in [1.82, 2.24) is 10.3 Å². The number of hydrogen-bond acceptors (Lipinski definition) is 2. The molecule has 3 aromatic rings. The highest BCUT2D eigenvalue weighted by Crippen LogP contribution is 2.37. The molecule has 0 saturated carbocycles. The first-order valence-corrected chi connectivity index (χ1v) is 7.51. The van der Waals surface area contributed by atoms with E-state index in [0.29, 0.717) is 6.04 Å². The van der Waals surface area contributed by atoms with Gasteiger partial charge in [-0.1, -0.05) is 36.4 Å². The summed E-state index contributed by atoms with van der Waals surface area (Å²) in [6.45, 7) is 0. The predicted molar refractivity (Wildman–Crippen MR) is 87.3 cm³/mol. The summed E-state index contributed by atoms with van der Waals surface area (Å²) in [5.41, 5.74) is 6.65. The van der Waals surface area contributed by atoms with Gasteiger partial charge < -0.3 is 5.32 Å². The van der Waals surface area contributed by atoms with Crippen molar-refractivity contribution in [2.75, 3.05) is 7.05 Å². The van der Waals surface area contributed by atoms with E-state index in [1.54, 1.807) is 0 Å². The van der Waals surface area contributed by atoms with Gasteiger partial charge in [0, 0.05) is 17.6 Å². The minimum Gasteiger partial charge on any atom is -0.313 e. The Kier molecular flexibility index (Phi) is 2.97. The van der Waals surface area contributed by atoms with Crippen LogP contribution in [0.15, 0.2) is 54.7 Å². The van der Waals surface area contributed by atoms with Gasteiger partial charge in [0.05, 0.1) is 5.52 Å². The van der Waals surface area contributed by atoms with Crippen molar-refractivity contribution >= 4 is 10.9 Å². The number of aromatic nitrogens is 1. The molecule has 1 unspecified atom stereocenters. The lowest BCUT2D eigenvalue weighted by Gasteiger charge is -2.12. The number of fused-ring (bicyclic) bond motifs is 2. The van der Waals surface area contributed by atoms with E-state index >= 15 is 0 Å². The zero-order valence-electron chi connectivity index (χ0n) is 12.1. The number of rotatable bonds is 2.